The largest absolute Gasteiger partial charge is 0.360 e. The van der Waals surface area contributed by atoms with Gasteiger partial charge in [0.15, 0.2) is 5.82 Å². The van der Waals surface area contributed by atoms with Crippen LogP contribution >= 0.6 is 0 Å². The average molecular weight is 361 g/mol. The maximum atomic E-state index is 6.23. The fourth-order valence-electron chi connectivity index (χ4n) is 2.97. The number of aromatic amines is 2. The molecule has 27 heavy (non-hydrogen) atoms. The van der Waals surface area contributed by atoms with E-state index in [1.165, 1.54) is 12.8 Å². The smallest absolute Gasteiger partial charge is 0.226 e. The van der Waals surface area contributed by atoms with Gasteiger partial charge in [0.2, 0.25) is 5.95 Å². The molecule has 1 aliphatic rings. The number of anilines is 3. The molecule has 6 N–H and O–H groups in total. The maximum Gasteiger partial charge on any atom is 0.226 e. The molecule has 9 nitrogen and oxygen atoms in total. The quantitative estimate of drug-likeness (QED) is 0.333. The van der Waals surface area contributed by atoms with Crippen molar-refractivity contribution in [3.05, 3.63) is 54.1 Å². The van der Waals surface area contributed by atoms with E-state index in [4.69, 9.17) is 5.73 Å². The Morgan fingerprint density at radius 2 is 2.04 bits per heavy atom. The molecule has 0 bridgehead atoms. The molecule has 5 rings (SSSR count). The minimum atomic E-state index is -0.522. The number of H-pyrrole nitrogens is 2. The summed E-state index contributed by atoms with van der Waals surface area (Å²) in [4.78, 5) is 16.3. The molecule has 0 spiro atoms. The Hall–Kier alpha value is -3.46. The van der Waals surface area contributed by atoms with Crippen molar-refractivity contribution < 1.29 is 0 Å². The van der Waals surface area contributed by atoms with E-state index >= 15 is 0 Å². The molecule has 1 atom stereocenters. The molecule has 0 saturated heterocycles. The first-order valence-electron chi connectivity index (χ1n) is 8.86. The summed E-state index contributed by atoms with van der Waals surface area (Å²) in [6.07, 6.45) is 5.45. The van der Waals surface area contributed by atoms with Crippen LogP contribution in [-0.2, 0) is 0 Å². The van der Waals surface area contributed by atoms with Crippen LogP contribution in [0.3, 0.4) is 0 Å². The van der Waals surface area contributed by atoms with E-state index in [2.05, 4.69) is 40.8 Å². The lowest BCUT2D eigenvalue weighted by Gasteiger charge is -2.14. The molecule has 136 valence electrons. The van der Waals surface area contributed by atoms with E-state index in [9.17, 15) is 0 Å². The molecule has 0 aliphatic heterocycles. The Kier molecular flexibility index (Phi) is 3.72. The molecule has 4 heterocycles. The molecular weight excluding hydrogens is 342 g/mol. The molecule has 1 saturated carbocycles. The van der Waals surface area contributed by atoms with Crippen LogP contribution < -0.4 is 16.4 Å². The van der Waals surface area contributed by atoms with Crippen molar-refractivity contribution in [1.29, 1.82) is 0 Å². The van der Waals surface area contributed by atoms with Crippen LogP contribution in [0.1, 0.15) is 36.3 Å². The van der Waals surface area contributed by atoms with Crippen LogP contribution in [0, 0.1) is 0 Å². The van der Waals surface area contributed by atoms with Crippen LogP contribution in [0.25, 0.3) is 11.0 Å². The monoisotopic (exact) mass is 361 g/mol. The molecule has 1 unspecified atom stereocenters. The maximum absolute atomic E-state index is 6.23. The van der Waals surface area contributed by atoms with Gasteiger partial charge in [-0.3, -0.25) is 5.10 Å². The summed E-state index contributed by atoms with van der Waals surface area (Å²) in [7, 11) is 0. The van der Waals surface area contributed by atoms with Gasteiger partial charge >= 0.3 is 0 Å². The fourth-order valence-corrected chi connectivity index (χ4v) is 2.97. The number of fused-ring (bicyclic) bond motifs is 1. The molecule has 0 amide bonds. The first kappa shape index (κ1) is 15.8. The average Bonchev–Trinajstić information content (AvgIpc) is 3.23. The lowest BCUT2D eigenvalue weighted by Crippen LogP contribution is -2.22. The van der Waals surface area contributed by atoms with Gasteiger partial charge in [-0.25, -0.2) is 9.97 Å². The Morgan fingerprint density at radius 1 is 1.11 bits per heavy atom. The van der Waals surface area contributed by atoms with Gasteiger partial charge in [0.25, 0.3) is 0 Å². The summed E-state index contributed by atoms with van der Waals surface area (Å²) in [6, 6.07) is 9.54. The van der Waals surface area contributed by atoms with E-state index in [0.29, 0.717) is 23.4 Å². The first-order chi connectivity index (χ1) is 13.2. The van der Waals surface area contributed by atoms with E-state index in [1.807, 2.05) is 30.5 Å². The standard InChI is InChI=1S/C18H19N9/c19-17(13-4-3-11-12(22-13)5-7-20-11)25-18-21-8-6-15(24-18)23-16-9-14(26-27-16)10-1-2-10/h3-10,17,20H,1-2,19H2,(H3,21,23,24,25,26,27). The number of pyridine rings is 1. The van der Waals surface area contributed by atoms with Crippen molar-refractivity contribution in [2.75, 3.05) is 10.6 Å². The van der Waals surface area contributed by atoms with Crippen molar-refractivity contribution in [3.8, 4) is 0 Å². The van der Waals surface area contributed by atoms with Crippen molar-refractivity contribution in [2.24, 2.45) is 5.73 Å². The zero-order chi connectivity index (χ0) is 18.2. The van der Waals surface area contributed by atoms with Crippen LogP contribution in [0.4, 0.5) is 17.6 Å². The van der Waals surface area contributed by atoms with E-state index in [0.717, 1.165) is 22.5 Å². The molecule has 0 radical (unpaired) electrons. The number of aromatic nitrogens is 6. The van der Waals surface area contributed by atoms with Gasteiger partial charge in [0.1, 0.15) is 12.0 Å². The van der Waals surface area contributed by atoms with Crippen LogP contribution in [-0.4, -0.2) is 30.1 Å². The first-order valence-corrected chi connectivity index (χ1v) is 8.86. The second-order valence-corrected chi connectivity index (χ2v) is 6.64. The predicted octanol–water partition coefficient (Wildman–Crippen LogP) is 2.77. The fraction of sp³-hybridized carbons (Fsp3) is 0.222. The topological polar surface area (TPSA) is 133 Å². The van der Waals surface area contributed by atoms with E-state index < -0.39 is 6.17 Å². The molecule has 0 aromatic carbocycles. The zero-order valence-electron chi connectivity index (χ0n) is 14.5. The van der Waals surface area contributed by atoms with Crippen molar-refractivity contribution in [2.45, 2.75) is 24.9 Å². The van der Waals surface area contributed by atoms with Crippen LogP contribution in [0.5, 0.6) is 0 Å². The second-order valence-electron chi connectivity index (χ2n) is 6.64. The summed E-state index contributed by atoms with van der Waals surface area (Å²) < 4.78 is 0. The third kappa shape index (κ3) is 3.32. The molecular formula is C18H19N9. The molecule has 4 aromatic heterocycles. The summed E-state index contributed by atoms with van der Waals surface area (Å²) >= 11 is 0. The summed E-state index contributed by atoms with van der Waals surface area (Å²) in [6.45, 7) is 0. The van der Waals surface area contributed by atoms with E-state index in [-0.39, 0.29) is 0 Å². The van der Waals surface area contributed by atoms with Gasteiger partial charge in [0.05, 0.1) is 16.7 Å². The number of hydrogen-bond acceptors (Lipinski definition) is 7. The molecule has 1 aliphatic carbocycles. The van der Waals surface area contributed by atoms with Gasteiger partial charge in [-0.05, 0) is 37.1 Å². The Morgan fingerprint density at radius 3 is 2.93 bits per heavy atom. The Balaban J connectivity index is 1.30. The molecule has 1 fully saturated rings. The van der Waals surface area contributed by atoms with Gasteiger partial charge < -0.3 is 21.4 Å². The highest BCUT2D eigenvalue weighted by molar-refractivity contribution is 5.74. The minimum absolute atomic E-state index is 0.418. The summed E-state index contributed by atoms with van der Waals surface area (Å²) in [5, 5.41) is 13.6. The number of rotatable bonds is 6. The number of nitrogens with two attached hydrogens (primary N) is 1. The normalized spacial score (nSPS) is 15.0. The van der Waals surface area contributed by atoms with Gasteiger partial charge in [-0.15, -0.1) is 0 Å². The van der Waals surface area contributed by atoms with Crippen molar-refractivity contribution in [3.63, 3.8) is 0 Å². The van der Waals surface area contributed by atoms with Gasteiger partial charge in [-0.2, -0.15) is 10.1 Å². The van der Waals surface area contributed by atoms with Crippen molar-refractivity contribution in [1.82, 2.24) is 30.1 Å². The summed E-state index contributed by atoms with van der Waals surface area (Å²) in [5.41, 5.74) is 9.95. The van der Waals surface area contributed by atoms with Crippen LogP contribution in [0.15, 0.2) is 42.7 Å². The lowest BCUT2D eigenvalue weighted by atomic mass is 10.2. The predicted molar refractivity (Wildman–Crippen MR) is 103 cm³/mol. The van der Waals surface area contributed by atoms with Crippen molar-refractivity contribution >= 4 is 28.6 Å². The van der Waals surface area contributed by atoms with Gasteiger partial charge in [-0.1, -0.05) is 0 Å². The second kappa shape index (κ2) is 6.36. The lowest BCUT2D eigenvalue weighted by molar-refractivity contribution is 0.789. The van der Waals surface area contributed by atoms with E-state index in [1.54, 1.807) is 12.3 Å². The third-order valence-electron chi connectivity index (χ3n) is 4.56. The van der Waals surface area contributed by atoms with Crippen LogP contribution in [0.2, 0.25) is 0 Å². The van der Waals surface area contributed by atoms with Gasteiger partial charge in [0, 0.05) is 30.1 Å². The number of nitrogens with one attached hydrogen (secondary N) is 4. The SMILES string of the molecule is NC(Nc1nccc(Nc2cc(C3CC3)[nH]n2)n1)c1ccc2[nH]ccc2n1. The summed E-state index contributed by atoms with van der Waals surface area (Å²) in [5.74, 6) is 2.42. The third-order valence-corrected chi connectivity index (χ3v) is 4.56. The Bertz CT molecular complexity index is 1080. The highest BCUT2D eigenvalue weighted by atomic mass is 15.2. The zero-order valence-corrected chi connectivity index (χ0v) is 14.5. The molecule has 4 aromatic rings. The highest BCUT2D eigenvalue weighted by Crippen LogP contribution is 2.39. The Labute approximate surface area is 154 Å². The number of nitrogens with zero attached hydrogens (tertiary/aromatic N) is 4. The number of hydrogen-bond donors (Lipinski definition) is 5. The highest BCUT2D eigenvalue weighted by Gasteiger charge is 2.25. The molecule has 9 heteroatoms. The minimum Gasteiger partial charge on any atom is -0.360 e.